The Kier molecular flexibility index (Phi) is 4.11. The van der Waals surface area contributed by atoms with Crippen molar-refractivity contribution in [2.45, 2.75) is 6.92 Å². The highest BCUT2D eigenvalue weighted by atomic mass is 16.4. The average Bonchev–Trinajstić information content (AvgIpc) is 2.31. The Hall–Kier alpha value is -3.01. The van der Waals surface area contributed by atoms with Crippen molar-refractivity contribution in [2.75, 3.05) is 5.32 Å². The van der Waals surface area contributed by atoms with Gasteiger partial charge in [-0.15, -0.1) is 0 Å². The van der Waals surface area contributed by atoms with E-state index in [-0.39, 0.29) is 11.3 Å². The quantitative estimate of drug-likeness (QED) is 0.282. The first-order valence-corrected chi connectivity index (χ1v) is 5.04. The number of carboxylic acid groups (broad SMARTS) is 1. The van der Waals surface area contributed by atoms with Crippen LogP contribution in [-0.4, -0.2) is 27.2 Å². The summed E-state index contributed by atoms with van der Waals surface area (Å²) in [6, 6.07) is 4.92. The fourth-order valence-electron chi connectivity index (χ4n) is 1.27. The molecular weight excluding hydrogens is 252 g/mol. The van der Waals surface area contributed by atoms with E-state index in [0.29, 0.717) is 0 Å². The Balaban J connectivity index is 3.06. The molecule has 0 saturated heterocycles. The minimum absolute atomic E-state index is 0.0780. The lowest BCUT2D eigenvalue weighted by Gasteiger charge is -2.06. The first-order valence-electron chi connectivity index (χ1n) is 5.04. The van der Waals surface area contributed by atoms with Gasteiger partial charge in [0.15, 0.2) is 5.57 Å². The molecule has 1 rings (SSSR count). The smallest absolute Gasteiger partial charge is 0.339 e. The van der Waals surface area contributed by atoms with Crippen LogP contribution in [0.4, 0.5) is 5.69 Å². The van der Waals surface area contributed by atoms with Crippen LogP contribution in [0.25, 0.3) is 0 Å². The van der Waals surface area contributed by atoms with Crippen molar-refractivity contribution in [1.82, 2.24) is 0 Å². The van der Waals surface area contributed by atoms with Gasteiger partial charge in [0.2, 0.25) is 0 Å². The number of aliphatic hydroxyl groups is 1. The van der Waals surface area contributed by atoms with E-state index in [1.54, 1.807) is 0 Å². The number of anilines is 1. The number of nitrogens with zero attached hydrogens (tertiary/aromatic N) is 1. The predicted molar refractivity (Wildman–Crippen MR) is 64.6 cm³/mol. The minimum atomic E-state index is -1.36. The molecule has 7 nitrogen and oxygen atoms in total. The molecule has 4 N–H and O–H groups in total. The number of rotatable bonds is 3. The van der Waals surface area contributed by atoms with Gasteiger partial charge in [0.1, 0.15) is 23.1 Å². The maximum absolute atomic E-state index is 11.6. The molecule has 0 radical (unpaired) electrons. The van der Waals surface area contributed by atoms with Gasteiger partial charge in [-0.3, -0.25) is 4.79 Å². The standard InChI is InChI=1S/C12H10N2O5/c1-6(15)9(5-13)11(17)14-7-2-3-10(16)8(4-7)12(18)19/h2-4,15-16H,1H3,(H,14,17)(H,18,19)/b9-6-. The molecule has 0 aliphatic rings. The highest BCUT2D eigenvalue weighted by Crippen LogP contribution is 2.21. The van der Waals surface area contributed by atoms with Crippen LogP contribution >= 0.6 is 0 Å². The van der Waals surface area contributed by atoms with E-state index >= 15 is 0 Å². The van der Waals surface area contributed by atoms with Crippen molar-refractivity contribution in [3.05, 3.63) is 35.1 Å². The second-order valence-electron chi connectivity index (χ2n) is 3.56. The highest BCUT2D eigenvalue weighted by molar-refractivity contribution is 6.07. The number of aromatic hydroxyl groups is 1. The predicted octanol–water partition coefficient (Wildman–Crippen LogP) is 1.38. The molecule has 0 aliphatic carbocycles. The SMILES string of the molecule is C/C(O)=C(\C#N)C(=O)Nc1ccc(O)c(C(=O)O)c1. The van der Waals surface area contributed by atoms with Gasteiger partial charge in [0.25, 0.3) is 5.91 Å². The Labute approximate surface area is 108 Å². The summed E-state index contributed by atoms with van der Waals surface area (Å²) in [7, 11) is 0. The van der Waals surface area contributed by atoms with Gasteiger partial charge >= 0.3 is 5.97 Å². The Morgan fingerprint density at radius 2 is 1.95 bits per heavy atom. The van der Waals surface area contributed by atoms with Crippen molar-refractivity contribution in [3.63, 3.8) is 0 Å². The van der Waals surface area contributed by atoms with Crippen LogP contribution in [-0.2, 0) is 4.79 Å². The molecule has 98 valence electrons. The fraction of sp³-hybridized carbons (Fsp3) is 0.0833. The van der Waals surface area contributed by atoms with Crippen molar-refractivity contribution in [1.29, 1.82) is 5.26 Å². The molecule has 19 heavy (non-hydrogen) atoms. The normalized spacial score (nSPS) is 11.2. The summed E-state index contributed by atoms with van der Waals surface area (Å²) in [5.74, 6) is -3.12. The lowest BCUT2D eigenvalue weighted by atomic mass is 10.1. The summed E-state index contributed by atoms with van der Waals surface area (Å²) < 4.78 is 0. The third-order valence-corrected chi connectivity index (χ3v) is 2.19. The maximum atomic E-state index is 11.6. The minimum Gasteiger partial charge on any atom is -0.511 e. The van der Waals surface area contributed by atoms with E-state index < -0.39 is 29.0 Å². The van der Waals surface area contributed by atoms with Gasteiger partial charge in [0.05, 0.1) is 0 Å². The lowest BCUT2D eigenvalue weighted by molar-refractivity contribution is -0.112. The van der Waals surface area contributed by atoms with Crippen molar-refractivity contribution in [3.8, 4) is 11.8 Å². The first-order chi connectivity index (χ1) is 8.86. The van der Waals surface area contributed by atoms with Crippen molar-refractivity contribution in [2.24, 2.45) is 0 Å². The second kappa shape index (κ2) is 5.55. The van der Waals surface area contributed by atoms with Crippen LogP contribution in [0, 0.1) is 11.3 Å². The monoisotopic (exact) mass is 262 g/mol. The van der Waals surface area contributed by atoms with E-state index in [1.807, 2.05) is 0 Å². The number of phenols is 1. The molecule has 0 bridgehead atoms. The number of carboxylic acids is 1. The van der Waals surface area contributed by atoms with Crippen LogP contribution in [0.2, 0.25) is 0 Å². The van der Waals surface area contributed by atoms with Crippen LogP contribution in [0.3, 0.4) is 0 Å². The first kappa shape index (κ1) is 14.1. The van der Waals surface area contributed by atoms with Crippen molar-refractivity contribution >= 4 is 17.6 Å². The van der Waals surface area contributed by atoms with E-state index in [1.165, 1.54) is 19.1 Å². The number of amides is 1. The zero-order chi connectivity index (χ0) is 14.6. The largest absolute Gasteiger partial charge is 0.511 e. The maximum Gasteiger partial charge on any atom is 0.339 e. The topological polar surface area (TPSA) is 131 Å². The molecule has 0 fully saturated rings. The van der Waals surface area contributed by atoms with Gasteiger partial charge < -0.3 is 20.6 Å². The summed E-state index contributed by atoms with van der Waals surface area (Å²) >= 11 is 0. The van der Waals surface area contributed by atoms with Gasteiger partial charge in [0, 0.05) is 5.69 Å². The molecule has 0 heterocycles. The Morgan fingerprint density at radius 3 is 2.42 bits per heavy atom. The highest BCUT2D eigenvalue weighted by Gasteiger charge is 2.15. The third kappa shape index (κ3) is 3.23. The second-order valence-corrected chi connectivity index (χ2v) is 3.56. The van der Waals surface area contributed by atoms with Gasteiger partial charge in [-0.1, -0.05) is 0 Å². The molecule has 1 aromatic carbocycles. The number of carbonyl (C=O) groups excluding carboxylic acids is 1. The number of allylic oxidation sites excluding steroid dienone is 1. The van der Waals surface area contributed by atoms with Gasteiger partial charge in [-0.25, -0.2) is 4.79 Å². The molecule has 0 aliphatic heterocycles. The van der Waals surface area contributed by atoms with Gasteiger partial charge in [-0.2, -0.15) is 5.26 Å². The number of nitriles is 1. The number of aliphatic hydroxyl groups excluding tert-OH is 1. The summed E-state index contributed by atoms with van der Waals surface area (Å²) in [6.07, 6.45) is 0. The van der Waals surface area contributed by atoms with Crippen LogP contribution in [0.15, 0.2) is 29.5 Å². The number of benzene rings is 1. The van der Waals surface area contributed by atoms with E-state index in [0.717, 1.165) is 12.1 Å². The molecule has 1 aromatic rings. The average molecular weight is 262 g/mol. The summed E-state index contributed by atoms with van der Waals surface area (Å²) in [5.41, 5.74) is -0.792. The Bertz CT molecular complexity index is 609. The van der Waals surface area contributed by atoms with Gasteiger partial charge in [-0.05, 0) is 25.1 Å². The van der Waals surface area contributed by atoms with E-state index in [2.05, 4.69) is 5.32 Å². The number of carbonyl (C=O) groups is 2. The molecule has 0 aromatic heterocycles. The van der Waals surface area contributed by atoms with E-state index in [4.69, 9.17) is 15.5 Å². The van der Waals surface area contributed by atoms with Crippen LogP contribution in [0.1, 0.15) is 17.3 Å². The van der Waals surface area contributed by atoms with Crippen molar-refractivity contribution < 1.29 is 24.9 Å². The molecule has 0 atom stereocenters. The van der Waals surface area contributed by atoms with E-state index in [9.17, 15) is 14.7 Å². The third-order valence-electron chi connectivity index (χ3n) is 2.19. The zero-order valence-corrected chi connectivity index (χ0v) is 9.84. The summed E-state index contributed by atoms with van der Waals surface area (Å²) in [6.45, 7) is 1.18. The molecule has 0 unspecified atom stereocenters. The number of hydrogen-bond acceptors (Lipinski definition) is 5. The number of aromatic carboxylic acids is 1. The van der Waals surface area contributed by atoms with Crippen LogP contribution in [0.5, 0.6) is 5.75 Å². The number of hydrogen-bond donors (Lipinski definition) is 4. The van der Waals surface area contributed by atoms with Crippen LogP contribution < -0.4 is 5.32 Å². The molecule has 1 amide bonds. The molecule has 0 spiro atoms. The number of nitrogens with one attached hydrogen (secondary N) is 1. The molecular formula is C12H10N2O5. The molecule has 7 heteroatoms. The summed E-state index contributed by atoms with van der Waals surface area (Å²) in [5, 5.41) is 38.1. The molecule has 0 saturated carbocycles. The zero-order valence-electron chi connectivity index (χ0n) is 9.84. The fourth-order valence-corrected chi connectivity index (χ4v) is 1.27. The Morgan fingerprint density at radius 1 is 1.32 bits per heavy atom. The lowest BCUT2D eigenvalue weighted by Crippen LogP contribution is -2.15. The summed E-state index contributed by atoms with van der Waals surface area (Å²) in [4.78, 5) is 22.4.